The van der Waals surface area contributed by atoms with Crippen molar-refractivity contribution in [1.29, 1.82) is 0 Å². The molecule has 2 radical (unpaired) electrons. The summed E-state index contributed by atoms with van der Waals surface area (Å²) in [6.45, 7) is 5.83. The van der Waals surface area contributed by atoms with Gasteiger partial charge in [0.1, 0.15) is 11.6 Å². The van der Waals surface area contributed by atoms with E-state index in [0.29, 0.717) is 0 Å². The Hall–Kier alpha value is -7.17. The minimum atomic E-state index is -1.08. The average molecular weight is 1270 g/mol. The number of carboxylic acids is 6. The molecule has 0 fully saturated rings. The van der Waals surface area contributed by atoms with Crippen LogP contribution in [-0.2, 0) is 28.8 Å². The van der Waals surface area contributed by atoms with Crippen LogP contribution < -0.4 is 30.6 Å². The third-order valence-corrected chi connectivity index (χ3v) is 8.23. The molecule has 374 valence electrons. The quantitative estimate of drug-likeness (QED) is 0.230. The summed E-state index contributed by atoms with van der Waals surface area (Å²) in [5, 5.41) is 57.5. The SMILES string of the molecule is CC(=O)[O-].CC(=O)[O-].CC(=O)[O-].CC(=O)[O-].CC(=O)[O-].CC(=O)[O-].[Dy+3].[Dy+3].c1ccc(-c2nc3c4cccnc4c4ncccc4c3[nH]2)cc1.c1ccc(-c2nc3c4cccnc4c4ncccc4c3[nH]2)cc1. The number of carbonyl (C=O) groups is 6. The van der Waals surface area contributed by atoms with Gasteiger partial charge in [-0.1, -0.05) is 60.7 Å². The van der Waals surface area contributed by atoms with E-state index in [1.54, 1.807) is 24.8 Å². The van der Waals surface area contributed by atoms with Crippen molar-refractivity contribution in [3.63, 3.8) is 0 Å². The van der Waals surface area contributed by atoms with Gasteiger partial charge in [0.25, 0.3) is 0 Å². The smallest absolute Gasteiger partial charge is 0.550 e. The van der Waals surface area contributed by atoms with Gasteiger partial charge in [-0.3, -0.25) is 19.9 Å². The zero-order chi connectivity index (χ0) is 51.9. The molecule has 72 heavy (non-hydrogen) atoms. The maximum atomic E-state index is 8.89. The number of aromatic nitrogens is 8. The zero-order valence-electron chi connectivity index (χ0n) is 38.9. The van der Waals surface area contributed by atoms with Crippen LogP contribution in [-0.4, -0.2) is 75.7 Å². The van der Waals surface area contributed by atoms with Crippen molar-refractivity contribution in [2.45, 2.75) is 41.5 Å². The number of rotatable bonds is 2. The Balaban J connectivity index is 0.000000492. The maximum Gasteiger partial charge on any atom is 3.00 e. The van der Waals surface area contributed by atoms with Gasteiger partial charge in [0, 0.05) is 93.3 Å². The first kappa shape index (κ1) is 62.8. The van der Waals surface area contributed by atoms with Gasteiger partial charge in [0.05, 0.1) is 44.1 Å². The Labute approximate surface area is 471 Å². The minimum Gasteiger partial charge on any atom is -0.550 e. The molecule has 22 heteroatoms. The van der Waals surface area contributed by atoms with Gasteiger partial charge in [-0.2, -0.15) is 0 Å². The Morgan fingerprint density at radius 3 is 0.806 bits per heavy atom. The Morgan fingerprint density at radius 1 is 0.333 bits per heavy atom. The number of carboxylic acid groups (broad SMARTS) is 6. The monoisotopic (exact) mass is 1270 g/mol. The van der Waals surface area contributed by atoms with Crippen LogP contribution in [0.25, 0.3) is 88.5 Å². The fraction of sp³-hybridized carbons (Fsp3) is 0.120. The van der Waals surface area contributed by atoms with E-state index in [4.69, 9.17) is 69.4 Å². The predicted molar refractivity (Wildman–Crippen MR) is 248 cm³/mol. The molecule has 0 bridgehead atoms. The number of nitrogens with zero attached hydrogens (tertiary/aromatic N) is 6. The molecule has 0 saturated heterocycles. The first-order valence-electron chi connectivity index (χ1n) is 20.4. The molecular formula is C50H42Dy2N8O12. The van der Waals surface area contributed by atoms with Gasteiger partial charge < -0.3 is 69.4 Å². The van der Waals surface area contributed by atoms with E-state index in [1.165, 1.54) is 0 Å². The molecule has 6 heterocycles. The van der Waals surface area contributed by atoms with Crippen molar-refractivity contribution >= 4 is 101 Å². The summed E-state index contributed by atoms with van der Waals surface area (Å²) < 4.78 is 0. The molecule has 0 saturated carbocycles. The van der Waals surface area contributed by atoms with Gasteiger partial charge in [0.15, 0.2) is 0 Å². The number of H-pyrrole nitrogens is 2. The van der Waals surface area contributed by atoms with Crippen molar-refractivity contribution in [3.05, 3.63) is 134 Å². The summed E-state index contributed by atoms with van der Waals surface area (Å²) in [6.07, 6.45) is 7.20. The van der Waals surface area contributed by atoms with Crippen LogP contribution in [0.3, 0.4) is 0 Å². The topological polar surface area (TPSA) is 350 Å². The van der Waals surface area contributed by atoms with Crippen LogP contribution in [0.1, 0.15) is 41.5 Å². The van der Waals surface area contributed by atoms with Gasteiger partial charge in [-0.05, 0) is 90.1 Å². The number of nitrogens with one attached hydrogen (secondary N) is 2. The van der Waals surface area contributed by atoms with Crippen molar-refractivity contribution in [3.8, 4) is 22.8 Å². The van der Waals surface area contributed by atoms with E-state index in [1.807, 2.05) is 60.7 Å². The Kier molecular flexibility index (Phi) is 27.9. The van der Waals surface area contributed by atoms with Crippen LogP contribution in [0.5, 0.6) is 0 Å². The second-order valence-corrected chi connectivity index (χ2v) is 13.9. The van der Waals surface area contributed by atoms with Crippen LogP contribution >= 0.6 is 0 Å². The largest absolute Gasteiger partial charge is 3.00 e. The number of aliphatic carboxylic acids is 6. The number of benzene rings is 4. The molecule has 0 amide bonds. The van der Waals surface area contributed by atoms with E-state index >= 15 is 0 Å². The number of aromatic amines is 2. The van der Waals surface area contributed by atoms with Gasteiger partial charge in [-0.15, -0.1) is 0 Å². The average Bonchev–Trinajstić information content (AvgIpc) is 3.97. The van der Waals surface area contributed by atoms with Crippen LogP contribution in [0.4, 0.5) is 0 Å². The molecule has 0 aliphatic heterocycles. The zero-order valence-corrected chi connectivity index (χ0v) is 43.0. The van der Waals surface area contributed by atoms with Crippen molar-refractivity contribution in [2.24, 2.45) is 0 Å². The number of pyridine rings is 4. The van der Waals surface area contributed by atoms with Crippen molar-refractivity contribution in [2.75, 3.05) is 0 Å². The van der Waals surface area contributed by atoms with Gasteiger partial charge in [-0.25, -0.2) is 9.97 Å². The molecule has 0 atom stereocenters. The van der Waals surface area contributed by atoms with E-state index in [2.05, 4.69) is 78.4 Å². The van der Waals surface area contributed by atoms with E-state index in [9.17, 15) is 0 Å². The molecule has 10 rings (SSSR count). The molecular weight excluding hydrogens is 1230 g/mol. The van der Waals surface area contributed by atoms with Crippen molar-refractivity contribution < 1.29 is 136 Å². The first-order valence-corrected chi connectivity index (χ1v) is 20.4. The van der Waals surface area contributed by atoms with E-state index in [0.717, 1.165) is 130 Å². The molecule has 0 unspecified atom stereocenters. The third kappa shape index (κ3) is 20.3. The van der Waals surface area contributed by atoms with Crippen LogP contribution in [0, 0.1) is 76.3 Å². The van der Waals surface area contributed by atoms with Crippen molar-refractivity contribution in [1.82, 2.24) is 39.9 Å². The number of fused-ring (bicyclic) bond motifs is 12. The second-order valence-electron chi connectivity index (χ2n) is 13.9. The van der Waals surface area contributed by atoms with Gasteiger partial charge in [0.2, 0.25) is 0 Å². The third-order valence-electron chi connectivity index (χ3n) is 8.23. The Morgan fingerprint density at radius 2 is 0.556 bits per heavy atom. The van der Waals surface area contributed by atoms with Crippen LogP contribution in [0.2, 0.25) is 0 Å². The summed E-state index contributed by atoms with van der Waals surface area (Å²) in [7, 11) is 0. The molecule has 10 aromatic rings. The van der Waals surface area contributed by atoms with Gasteiger partial charge >= 0.3 is 76.3 Å². The van der Waals surface area contributed by atoms with E-state index < -0.39 is 35.8 Å². The number of hydrogen-bond donors (Lipinski definition) is 2. The molecule has 6 aromatic heterocycles. The molecule has 0 aliphatic rings. The summed E-state index contributed by atoms with van der Waals surface area (Å²) in [4.78, 5) is 88.1. The first-order chi connectivity index (χ1) is 33.2. The molecule has 4 aromatic carbocycles. The number of hydrogen-bond acceptors (Lipinski definition) is 18. The standard InChI is InChI=1S/2C19H12N4.6C2H4O2.2Dy/c2*1-2-6-12(7-3-1)19-22-17-13-8-4-10-20-15(13)16-14(18(17)23-19)9-5-11-21-16;6*1-2(3)4;;/h2*1-11H,(H,22,23);6*1H3,(H,3,4);;/q;;;;;;;;2*+3/p-6. The van der Waals surface area contributed by atoms with E-state index in [-0.39, 0.29) is 76.3 Å². The summed E-state index contributed by atoms with van der Waals surface area (Å²) in [6, 6.07) is 36.3. The van der Waals surface area contributed by atoms with Crippen LogP contribution in [0.15, 0.2) is 134 Å². The normalized spacial score (nSPS) is 9.42. The summed E-state index contributed by atoms with van der Waals surface area (Å²) in [5.74, 6) is -4.77. The number of imidazole rings is 2. The summed E-state index contributed by atoms with van der Waals surface area (Å²) >= 11 is 0. The molecule has 0 aliphatic carbocycles. The molecule has 2 N–H and O–H groups in total. The molecule has 20 nitrogen and oxygen atoms in total. The second kappa shape index (κ2) is 31.9. The predicted octanol–water partition coefficient (Wildman–Crippen LogP) is 1.19. The maximum absolute atomic E-state index is 8.89. The Bertz CT molecular complexity index is 2940. The summed E-state index contributed by atoms with van der Waals surface area (Å²) in [5.41, 5.74) is 9.61. The fourth-order valence-electron chi connectivity index (χ4n) is 6.15. The number of carbonyl (C=O) groups excluding carboxylic acids is 6. The minimum absolute atomic E-state index is 0. The fourth-order valence-corrected chi connectivity index (χ4v) is 6.15. The molecule has 0 spiro atoms.